The average molecular weight is 412 g/mol. The fourth-order valence-corrected chi connectivity index (χ4v) is 4.76. The minimum absolute atomic E-state index is 0.148. The zero-order valence-corrected chi connectivity index (χ0v) is 17.6. The summed E-state index contributed by atoms with van der Waals surface area (Å²) in [5.74, 6) is -0.531. The number of hydrogen-bond acceptors (Lipinski definition) is 4. The highest BCUT2D eigenvalue weighted by molar-refractivity contribution is 8.18. The number of para-hydroxylation sites is 1. The van der Waals surface area contributed by atoms with Crippen molar-refractivity contribution in [3.63, 3.8) is 0 Å². The van der Waals surface area contributed by atoms with Gasteiger partial charge in [-0.25, -0.2) is 0 Å². The van der Waals surface area contributed by atoms with Crippen LogP contribution in [0.1, 0.15) is 44.7 Å². The summed E-state index contributed by atoms with van der Waals surface area (Å²) in [7, 11) is 0. The molecule has 1 aromatic heterocycles. The number of rotatable bonds is 4. The van der Waals surface area contributed by atoms with Crippen LogP contribution < -0.4 is 0 Å². The largest absolute Gasteiger partial charge is 0.344 e. The van der Waals surface area contributed by atoms with E-state index in [1.807, 2.05) is 24.4 Å². The lowest BCUT2D eigenvalue weighted by Crippen LogP contribution is -2.44. The van der Waals surface area contributed by atoms with Crippen molar-refractivity contribution in [2.24, 2.45) is 0 Å². The van der Waals surface area contributed by atoms with Crippen LogP contribution in [0.2, 0.25) is 0 Å². The molecule has 0 atom stereocenters. The Kier molecular flexibility index (Phi) is 5.50. The Labute approximate surface area is 174 Å². The Balaban J connectivity index is 1.58. The number of carbonyl (C=O) groups excluding carboxylic acids is 3. The first kappa shape index (κ1) is 19.8. The Morgan fingerprint density at radius 3 is 2.59 bits per heavy atom. The predicted octanol–water partition coefficient (Wildman–Crippen LogP) is 4.27. The van der Waals surface area contributed by atoms with Gasteiger partial charge in [0.05, 0.1) is 4.91 Å². The van der Waals surface area contributed by atoms with E-state index in [0.29, 0.717) is 18.0 Å². The van der Waals surface area contributed by atoms with E-state index >= 15 is 0 Å². The van der Waals surface area contributed by atoms with Crippen molar-refractivity contribution in [2.75, 3.05) is 19.6 Å². The zero-order valence-electron chi connectivity index (χ0n) is 16.8. The predicted molar refractivity (Wildman–Crippen MR) is 115 cm³/mol. The van der Waals surface area contributed by atoms with Gasteiger partial charge < -0.3 is 9.47 Å². The molecule has 2 aliphatic heterocycles. The number of nitrogens with zero attached hydrogens (tertiary/aromatic N) is 3. The Morgan fingerprint density at radius 2 is 1.86 bits per heavy atom. The van der Waals surface area contributed by atoms with Crippen LogP contribution in [0.25, 0.3) is 17.0 Å². The summed E-state index contributed by atoms with van der Waals surface area (Å²) in [6.07, 6.45) is 6.87. The second-order valence-corrected chi connectivity index (χ2v) is 8.81. The van der Waals surface area contributed by atoms with Crippen LogP contribution in [0, 0.1) is 0 Å². The molecule has 0 aliphatic carbocycles. The van der Waals surface area contributed by atoms with E-state index in [1.54, 1.807) is 11.0 Å². The first-order valence-electron chi connectivity index (χ1n) is 10.1. The van der Waals surface area contributed by atoms with Crippen molar-refractivity contribution < 1.29 is 14.4 Å². The van der Waals surface area contributed by atoms with E-state index in [0.717, 1.165) is 52.4 Å². The number of aromatic nitrogens is 1. The van der Waals surface area contributed by atoms with Gasteiger partial charge in [-0.15, -0.1) is 0 Å². The summed E-state index contributed by atoms with van der Waals surface area (Å²) in [5, 5.41) is 0.664. The van der Waals surface area contributed by atoms with Gasteiger partial charge in [0.2, 0.25) is 5.91 Å². The molecule has 3 heterocycles. The van der Waals surface area contributed by atoms with Gasteiger partial charge in [0.1, 0.15) is 6.54 Å². The highest BCUT2D eigenvalue weighted by atomic mass is 32.2. The van der Waals surface area contributed by atoms with Gasteiger partial charge in [-0.05, 0) is 57.0 Å². The quantitative estimate of drug-likeness (QED) is 0.705. The lowest BCUT2D eigenvalue weighted by atomic mass is 10.1. The summed E-state index contributed by atoms with van der Waals surface area (Å²) in [6, 6.07) is 8.30. The Hall–Kier alpha value is -2.54. The molecule has 29 heavy (non-hydrogen) atoms. The molecule has 2 saturated heterocycles. The fraction of sp³-hybridized carbons (Fsp3) is 0.409. The van der Waals surface area contributed by atoms with E-state index in [9.17, 15) is 14.4 Å². The first-order chi connectivity index (χ1) is 14.0. The monoisotopic (exact) mass is 411 g/mol. The lowest BCUT2D eigenvalue weighted by molar-refractivity contribution is -0.136. The molecule has 1 aromatic carbocycles. The molecule has 0 saturated carbocycles. The maximum Gasteiger partial charge on any atom is 0.294 e. The summed E-state index contributed by atoms with van der Waals surface area (Å²) in [5.41, 5.74) is 2.00. The second kappa shape index (κ2) is 8.06. The smallest absolute Gasteiger partial charge is 0.294 e. The number of hydrogen-bond donors (Lipinski definition) is 0. The Bertz CT molecular complexity index is 1000. The number of piperidine rings is 1. The van der Waals surface area contributed by atoms with Gasteiger partial charge >= 0.3 is 0 Å². The molecule has 4 rings (SSSR count). The molecule has 0 N–H and O–H groups in total. The molecule has 2 fully saturated rings. The zero-order chi connectivity index (χ0) is 20.5. The molecule has 0 radical (unpaired) electrons. The highest BCUT2D eigenvalue weighted by Crippen LogP contribution is 2.34. The van der Waals surface area contributed by atoms with Crippen LogP contribution in [-0.4, -0.2) is 51.1 Å². The van der Waals surface area contributed by atoms with Crippen molar-refractivity contribution >= 4 is 45.8 Å². The van der Waals surface area contributed by atoms with Gasteiger partial charge in [0.15, 0.2) is 0 Å². The van der Waals surface area contributed by atoms with Crippen molar-refractivity contribution in [1.82, 2.24) is 14.4 Å². The van der Waals surface area contributed by atoms with Crippen molar-refractivity contribution in [2.45, 2.75) is 39.2 Å². The number of thioether (sulfide) groups is 1. The van der Waals surface area contributed by atoms with Gasteiger partial charge in [-0.1, -0.05) is 18.2 Å². The number of carbonyl (C=O) groups is 3. The summed E-state index contributed by atoms with van der Waals surface area (Å²) >= 11 is 0.910. The molecule has 0 bridgehead atoms. The third-order valence-corrected chi connectivity index (χ3v) is 6.40. The van der Waals surface area contributed by atoms with Crippen LogP contribution in [0.3, 0.4) is 0 Å². The molecule has 7 heteroatoms. The molecule has 6 nitrogen and oxygen atoms in total. The molecule has 0 unspecified atom stereocenters. The van der Waals surface area contributed by atoms with Gasteiger partial charge in [-0.2, -0.15) is 0 Å². The number of fused-ring (bicyclic) bond motifs is 1. The number of imide groups is 1. The van der Waals surface area contributed by atoms with Crippen molar-refractivity contribution in [3.05, 3.63) is 40.9 Å². The molecule has 2 aliphatic rings. The minimum atomic E-state index is -0.383. The van der Waals surface area contributed by atoms with Crippen LogP contribution in [0.4, 0.5) is 4.79 Å². The van der Waals surface area contributed by atoms with Crippen LogP contribution in [-0.2, 0) is 9.59 Å². The summed E-state index contributed by atoms with van der Waals surface area (Å²) in [4.78, 5) is 41.0. The van der Waals surface area contributed by atoms with Crippen molar-refractivity contribution in [1.29, 1.82) is 0 Å². The van der Waals surface area contributed by atoms with Gasteiger partial charge in [-0.3, -0.25) is 19.3 Å². The topological polar surface area (TPSA) is 62.6 Å². The van der Waals surface area contributed by atoms with Gasteiger partial charge in [0.25, 0.3) is 11.1 Å². The standard InChI is InChI=1S/C22H25N3O3S/c1-15(2)24-13-16(17-8-4-5-9-18(17)24)12-19-21(27)25(22(28)29-19)14-20(26)23-10-6-3-7-11-23/h4-5,8-9,12-13,15H,3,6-7,10-11,14H2,1-2H3/b19-12-. The second-order valence-electron chi connectivity index (χ2n) is 7.81. The normalized spacial score (nSPS) is 19.2. The van der Waals surface area contributed by atoms with E-state index in [4.69, 9.17) is 0 Å². The van der Waals surface area contributed by atoms with Crippen LogP contribution in [0.5, 0.6) is 0 Å². The molecule has 152 valence electrons. The maximum absolute atomic E-state index is 12.9. The van der Waals surface area contributed by atoms with Crippen molar-refractivity contribution in [3.8, 4) is 0 Å². The Morgan fingerprint density at radius 1 is 1.14 bits per heavy atom. The average Bonchev–Trinajstić information content (AvgIpc) is 3.22. The van der Waals surface area contributed by atoms with E-state index in [-0.39, 0.29) is 29.6 Å². The van der Waals surface area contributed by atoms with Gasteiger partial charge in [0, 0.05) is 41.8 Å². The van der Waals surface area contributed by atoms with E-state index in [1.165, 1.54) is 0 Å². The number of likely N-dealkylation sites (tertiary alicyclic amines) is 1. The van der Waals surface area contributed by atoms with Crippen LogP contribution >= 0.6 is 11.8 Å². The molecule has 0 spiro atoms. The summed E-state index contributed by atoms with van der Waals surface area (Å²) in [6.45, 7) is 5.46. The minimum Gasteiger partial charge on any atom is -0.344 e. The van der Waals surface area contributed by atoms with E-state index in [2.05, 4.69) is 24.5 Å². The van der Waals surface area contributed by atoms with Crippen LogP contribution in [0.15, 0.2) is 35.4 Å². The third kappa shape index (κ3) is 3.83. The lowest BCUT2D eigenvalue weighted by Gasteiger charge is -2.27. The summed E-state index contributed by atoms with van der Waals surface area (Å²) < 4.78 is 2.16. The maximum atomic E-state index is 12.9. The molecular weight excluding hydrogens is 386 g/mol. The number of amides is 3. The third-order valence-electron chi connectivity index (χ3n) is 5.49. The highest BCUT2D eigenvalue weighted by Gasteiger charge is 2.37. The molecule has 2 aromatic rings. The fourth-order valence-electron chi connectivity index (χ4n) is 3.93. The van der Waals surface area contributed by atoms with E-state index < -0.39 is 0 Å². The first-order valence-corrected chi connectivity index (χ1v) is 10.9. The molecular formula is C22H25N3O3S. The SMILES string of the molecule is CC(C)n1cc(/C=C2\SC(=O)N(CC(=O)N3CCCCC3)C2=O)c2ccccc21. The molecule has 3 amide bonds. The number of benzene rings is 1.